The Bertz CT molecular complexity index is 1000. The number of para-hydroxylation sites is 1. The third-order valence-electron chi connectivity index (χ3n) is 4.23. The van der Waals surface area contributed by atoms with E-state index in [-0.39, 0.29) is 5.76 Å². The fourth-order valence-electron chi connectivity index (χ4n) is 2.92. The average molecular weight is 380 g/mol. The summed E-state index contributed by atoms with van der Waals surface area (Å²) in [4.78, 5) is 15.3. The number of benzene rings is 1. The molecule has 3 aromatic rings. The number of aryl methyl sites for hydroxylation is 2. The van der Waals surface area contributed by atoms with E-state index < -0.39 is 5.91 Å². The zero-order chi connectivity index (χ0) is 20.1. The third-order valence-corrected chi connectivity index (χ3v) is 4.23. The number of aromatic nitrogens is 2. The van der Waals surface area contributed by atoms with Crippen molar-refractivity contribution in [3.05, 3.63) is 70.9 Å². The van der Waals surface area contributed by atoms with Crippen LogP contribution in [0, 0.1) is 13.8 Å². The van der Waals surface area contributed by atoms with Gasteiger partial charge in [0.05, 0.1) is 17.9 Å². The van der Waals surface area contributed by atoms with Gasteiger partial charge < -0.3 is 20.8 Å². The van der Waals surface area contributed by atoms with Crippen molar-refractivity contribution in [3.63, 3.8) is 0 Å². The molecule has 0 unspecified atom stereocenters. The molecule has 146 valence electrons. The molecule has 28 heavy (non-hydrogen) atoms. The number of carbonyl (C=O) groups excluding carboxylic acids is 1. The molecule has 0 bridgehead atoms. The predicted octanol–water partition coefficient (Wildman–Crippen LogP) is 2.05. The minimum absolute atomic E-state index is 0.138. The summed E-state index contributed by atoms with van der Waals surface area (Å²) in [6.07, 6.45) is 0. The van der Waals surface area contributed by atoms with E-state index >= 15 is 0 Å². The molecule has 0 spiro atoms. The molecule has 0 saturated heterocycles. The van der Waals surface area contributed by atoms with Crippen LogP contribution < -0.4 is 16.4 Å². The van der Waals surface area contributed by atoms with Gasteiger partial charge in [0.15, 0.2) is 11.7 Å². The van der Waals surface area contributed by atoms with Crippen molar-refractivity contribution >= 4 is 11.9 Å². The van der Waals surface area contributed by atoms with E-state index in [0.29, 0.717) is 24.8 Å². The number of furan rings is 1. The summed E-state index contributed by atoms with van der Waals surface area (Å²) in [6, 6.07) is 13.4. The van der Waals surface area contributed by atoms with Gasteiger partial charge in [-0.2, -0.15) is 5.10 Å². The fraction of sp³-hybridized carbons (Fsp3) is 0.250. The fourth-order valence-corrected chi connectivity index (χ4v) is 2.92. The van der Waals surface area contributed by atoms with Crippen molar-refractivity contribution < 1.29 is 9.21 Å². The highest BCUT2D eigenvalue weighted by molar-refractivity contribution is 5.89. The molecule has 0 atom stereocenters. The van der Waals surface area contributed by atoms with E-state index in [1.54, 1.807) is 19.2 Å². The third kappa shape index (κ3) is 4.40. The maximum absolute atomic E-state index is 11.1. The highest BCUT2D eigenvalue weighted by atomic mass is 16.3. The van der Waals surface area contributed by atoms with Crippen molar-refractivity contribution in [1.29, 1.82) is 0 Å². The van der Waals surface area contributed by atoms with Crippen LogP contribution in [-0.2, 0) is 13.1 Å². The van der Waals surface area contributed by atoms with Gasteiger partial charge >= 0.3 is 0 Å². The second-order valence-corrected chi connectivity index (χ2v) is 6.38. The van der Waals surface area contributed by atoms with Crippen LogP contribution in [0.15, 0.2) is 51.9 Å². The van der Waals surface area contributed by atoms with E-state index in [1.807, 2.05) is 42.8 Å². The Kier molecular flexibility index (Phi) is 5.78. The number of primary amides is 1. The molecule has 1 aromatic carbocycles. The molecule has 0 saturated carbocycles. The van der Waals surface area contributed by atoms with Crippen LogP contribution in [0.1, 0.15) is 33.3 Å². The minimum Gasteiger partial charge on any atom is -0.454 e. The molecule has 8 heteroatoms. The van der Waals surface area contributed by atoms with Gasteiger partial charge in [0.2, 0.25) is 0 Å². The van der Waals surface area contributed by atoms with Gasteiger partial charge in [-0.3, -0.25) is 9.79 Å². The van der Waals surface area contributed by atoms with Crippen molar-refractivity contribution in [2.24, 2.45) is 10.7 Å². The predicted molar refractivity (Wildman–Crippen MR) is 107 cm³/mol. The van der Waals surface area contributed by atoms with Crippen LogP contribution >= 0.6 is 0 Å². The first-order chi connectivity index (χ1) is 13.5. The summed E-state index contributed by atoms with van der Waals surface area (Å²) in [5.74, 6) is 0.757. The second-order valence-electron chi connectivity index (χ2n) is 6.38. The molecule has 2 aromatic heterocycles. The Hall–Kier alpha value is -3.55. The van der Waals surface area contributed by atoms with E-state index in [4.69, 9.17) is 10.2 Å². The molecule has 2 heterocycles. The van der Waals surface area contributed by atoms with Gasteiger partial charge in [-0.25, -0.2) is 4.68 Å². The van der Waals surface area contributed by atoms with Crippen LogP contribution in [0.5, 0.6) is 0 Å². The van der Waals surface area contributed by atoms with Crippen molar-refractivity contribution in [1.82, 2.24) is 20.4 Å². The Morgan fingerprint density at radius 3 is 2.57 bits per heavy atom. The SMILES string of the molecule is CN=C(NCc1ccc(C(N)=O)o1)NCc1ccccc1-n1nc(C)cc1C. The van der Waals surface area contributed by atoms with Gasteiger partial charge in [0.1, 0.15) is 5.76 Å². The van der Waals surface area contributed by atoms with Crippen LogP contribution in [0.3, 0.4) is 0 Å². The summed E-state index contributed by atoms with van der Waals surface area (Å²) < 4.78 is 7.30. The first-order valence-electron chi connectivity index (χ1n) is 8.92. The number of nitrogens with zero attached hydrogens (tertiary/aromatic N) is 3. The first-order valence-corrected chi connectivity index (χ1v) is 8.92. The lowest BCUT2D eigenvalue weighted by Crippen LogP contribution is -2.36. The molecular formula is C20H24N6O2. The van der Waals surface area contributed by atoms with Gasteiger partial charge in [0, 0.05) is 19.3 Å². The van der Waals surface area contributed by atoms with Crippen LogP contribution in [0.4, 0.5) is 0 Å². The summed E-state index contributed by atoms with van der Waals surface area (Å²) in [5.41, 5.74) is 9.37. The molecule has 0 fully saturated rings. The minimum atomic E-state index is -0.588. The van der Waals surface area contributed by atoms with Gasteiger partial charge in [-0.05, 0) is 43.7 Å². The monoisotopic (exact) mass is 380 g/mol. The van der Waals surface area contributed by atoms with Crippen LogP contribution in [0.2, 0.25) is 0 Å². The van der Waals surface area contributed by atoms with Crippen LogP contribution in [-0.4, -0.2) is 28.7 Å². The number of nitrogens with two attached hydrogens (primary N) is 1. The lowest BCUT2D eigenvalue weighted by Gasteiger charge is -2.14. The molecule has 0 aliphatic carbocycles. The summed E-state index contributed by atoms with van der Waals surface area (Å²) in [7, 11) is 1.69. The average Bonchev–Trinajstić information content (AvgIpc) is 3.28. The number of hydrogen-bond acceptors (Lipinski definition) is 4. The lowest BCUT2D eigenvalue weighted by atomic mass is 10.1. The summed E-state index contributed by atoms with van der Waals surface area (Å²) in [5, 5.41) is 11.0. The maximum Gasteiger partial charge on any atom is 0.284 e. The molecule has 0 radical (unpaired) electrons. The maximum atomic E-state index is 11.1. The molecule has 3 rings (SSSR count). The van der Waals surface area contributed by atoms with E-state index in [0.717, 1.165) is 22.6 Å². The molecular weight excluding hydrogens is 356 g/mol. The largest absolute Gasteiger partial charge is 0.454 e. The van der Waals surface area contributed by atoms with E-state index in [9.17, 15) is 4.79 Å². The topological polar surface area (TPSA) is 110 Å². The van der Waals surface area contributed by atoms with Gasteiger partial charge in [-0.15, -0.1) is 0 Å². The molecule has 8 nitrogen and oxygen atoms in total. The first kappa shape index (κ1) is 19.2. The normalized spacial score (nSPS) is 11.5. The number of carbonyl (C=O) groups is 1. The van der Waals surface area contributed by atoms with Crippen molar-refractivity contribution in [3.8, 4) is 5.69 Å². The molecule has 4 N–H and O–H groups in total. The Morgan fingerprint density at radius 2 is 1.93 bits per heavy atom. The number of amides is 1. The van der Waals surface area contributed by atoms with Crippen molar-refractivity contribution in [2.45, 2.75) is 26.9 Å². The zero-order valence-electron chi connectivity index (χ0n) is 16.2. The highest BCUT2D eigenvalue weighted by Gasteiger charge is 2.10. The number of nitrogens with one attached hydrogen (secondary N) is 2. The Morgan fingerprint density at radius 1 is 1.18 bits per heavy atom. The van der Waals surface area contributed by atoms with Crippen molar-refractivity contribution in [2.75, 3.05) is 7.05 Å². The smallest absolute Gasteiger partial charge is 0.284 e. The van der Waals surface area contributed by atoms with Gasteiger partial charge in [0.25, 0.3) is 5.91 Å². The Balaban J connectivity index is 1.65. The highest BCUT2D eigenvalue weighted by Crippen LogP contribution is 2.17. The Labute approximate surface area is 163 Å². The summed E-state index contributed by atoms with van der Waals surface area (Å²) >= 11 is 0. The number of rotatable bonds is 6. The number of hydrogen-bond donors (Lipinski definition) is 3. The van der Waals surface area contributed by atoms with E-state index in [1.165, 1.54) is 0 Å². The quantitative estimate of drug-likeness (QED) is 0.448. The van der Waals surface area contributed by atoms with E-state index in [2.05, 4.69) is 26.8 Å². The number of aliphatic imine (C=N–C) groups is 1. The standard InChI is InChI=1S/C20H24N6O2/c1-13-10-14(2)26(25-13)17-7-5-4-6-15(17)11-23-20(22-3)24-12-16-8-9-18(28-16)19(21)27/h4-10H,11-12H2,1-3H3,(H2,21,27)(H2,22,23,24). The van der Waals surface area contributed by atoms with Crippen LogP contribution in [0.25, 0.3) is 5.69 Å². The molecule has 0 aliphatic heterocycles. The lowest BCUT2D eigenvalue weighted by molar-refractivity contribution is 0.0972. The second kappa shape index (κ2) is 8.43. The summed E-state index contributed by atoms with van der Waals surface area (Å²) in [6.45, 7) is 4.97. The number of guanidine groups is 1. The van der Waals surface area contributed by atoms with Gasteiger partial charge in [-0.1, -0.05) is 18.2 Å². The molecule has 0 aliphatic rings. The zero-order valence-corrected chi connectivity index (χ0v) is 16.2. The molecule has 1 amide bonds.